The van der Waals surface area contributed by atoms with Gasteiger partial charge in [0.1, 0.15) is 25.1 Å². The zero-order valence-corrected chi connectivity index (χ0v) is 14.2. The molecule has 0 aliphatic carbocycles. The summed E-state index contributed by atoms with van der Waals surface area (Å²) in [5, 5.41) is 12.3. The molecule has 1 heterocycles. The molecule has 140 valence electrons. The molecule has 28 heavy (non-hydrogen) atoms. The largest absolute Gasteiger partial charge is 0.505 e. The highest BCUT2D eigenvalue weighted by Crippen LogP contribution is 2.31. The molecule has 5 nitrogen and oxygen atoms in total. The number of nitrogens with one attached hydrogen (secondary N) is 1. The quantitative estimate of drug-likeness (QED) is 0.674. The minimum absolute atomic E-state index is 0.0716. The summed E-state index contributed by atoms with van der Waals surface area (Å²) in [7, 11) is 5.51. The van der Waals surface area contributed by atoms with Gasteiger partial charge in [-0.05, 0) is 54.1 Å². The number of halogens is 3. The summed E-state index contributed by atoms with van der Waals surface area (Å²) >= 11 is 0. The third kappa shape index (κ3) is 4.62. The number of aromatic hydroxyl groups is 1. The van der Waals surface area contributed by atoms with Crippen molar-refractivity contribution in [2.45, 2.75) is 6.18 Å². The van der Waals surface area contributed by atoms with Crippen molar-refractivity contribution in [1.82, 2.24) is 4.98 Å². The number of pyridine rings is 1. The molecule has 3 rings (SSSR count). The monoisotopic (exact) mass is 384 g/mol. The Morgan fingerprint density at radius 2 is 1.75 bits per heavy atom. The fourth-order valence-corrected chi connectivity index (χ4v) is 2.31. The van der Waals surface area contributed by atoms with Crippen LogP contribution < -0.4 is 15.6 Å². The summed E-state index contributed by atoms with van der Waals surface area (Å²) in [6, 6.07) is 13.0. The zero-order chi connectivity index (χ0) is 20.3. The van der Waals surface area contributed by atoms with Crippen LogP contribution in [0.2, 0.25) is 0 Å². The van der Waals surface area contributed by atoms with Crippen LogP contribution in [0.25, 0.3) is 0 Å². The van der Waals surface area contributed by atoms with Crippen LogP contribution in [0.3, 0.4) is 0 Å². The van der Waals surface area contributed by atoms with Gasteiger partial charge in [0.2, 0.25) is 0 Å². The van der Waals surface area contributed by atoms with Gasteiger partial charge in [0.05, 0.1) is 5.56 Å². The molecular weight excluding hydrogens is 372 g/mol. The lowest BCUT2D eigenvalue weighted by atomic mass is 10.0. The first-order chi connectivity index (χ1) is 13.2. The average Bonchev–Trinajstić information content (AvgIpc) is 2.63. The van der Waals surface area contributed by atoms with Gasteiger partial charge in [-0.15, -0.1) is 0 Å². The van der Waals surface area contributed by atoms with Crippen molar-refractivity contribution in [2.75, 3.05) is 5.32 Å². The molecule has 0 aliphatic rings. The molecule has 9 heteroatoms. The van der Waals surface area contributed by atoms with Gasteiger partial charge in [-0.25, -0.2) is 0 Å². The fourth-order valence-electron chi connectivity index (χ4n) is 2.31. The Bertz CT molecular complexity index is 1010. The first kappa shape index (κ1) is 19.3. The number of benzene rings is 2. The summed E-state index contributed by atoms with van der Waals surface area (Å²) in [5.41, 5.74) is -0.621. The number of aromatic nitrogens is 1. The Balaban J connectivity index is 1.73. The van der Waals surface area contributed by atoms with Crippen LogP contribution in [0, 0.1) is 0 Å². The van der Waals surface area contributed by atoms with E-state index in [1.807, 2.05) is 0 Å². The maximum atomic E-state index is 12.6. The predicted octanol–water partition coefficient (Wildman–Crippen LogP) is 3.64. The van der Waals surface area contributed by atoms with E-state index in [-0.39, 0.29) is 22.8 Å². The van der Waals surface area contributed by atoms with Crippen molar-refractivity contribution in [3.63, 3.8) is 0 Å². The van der Waals surface area contributed by atoms with Gasteiger partial charge in [-0.2, -0.15) is 13.2 Å². The SMILES string of the molecule is [B]c1ccc(O)c(C(=O)Nc2cccc(Oc3ccc(C(F)(F)F)cc3)c2)n1. The summed E-state index contributed by atoms with van der Waals surface area (Å²) in [5.74, 6) is -0.519. The van der Waals surface area contributed by atoms with Gasteiger partial charge >= 0.3 is 6.18 Å². The van der Waals surface area contributed by atoms with Crippen LogP contribution in [0.1, 0.15) is 16.1 Å². The van der Waals surface area contributed by atoms with Crippen molar-refractivity contribution >= 4 is 25.0 Å². The third-order valence-electron chi connectivity index (χ3n) is 3.62. The molecule has 0 unspecified atom stereocenters. The summed E-state index contributed by atoms with van der Waals surface area (Å²) < 4.78 is 43.3. The second-order valence-corrected chi connectivity index (χ2v) is 5.71. The van der Waals surface area contributed by atoms with Crippen LogP contribution in [0.5, 0.6) is 17.2 Å². The molecule has 0 saturated heterocycles. The molecule has 0 saturated carbocycles. The molecule has 0 spiro atoms. The molecule has 1 amide bonds. The highest BCUT2D eigenvalue weighted by molar-refractivity contribution is 6.30. The molecule has 2 radical (unpaired) electrons. The van der Waals surface area contributed by atoms with E-state index in [0.29, 0.717) is 11.4 Å². The van der Waals surface area contributed by atoms with Gasteiger partial charge in [-0.1, -0.05) is 6.07 Å². The van der Waals surface area contributed by atoms with Crippen molar-refractivity contribution in [2.24, 2.45) is 0 Å². The van der Waals surface area contributed by atoms with Crippen LogP contribution >= 0.6 is 0 Å². The molecule has 0 aliphatic heterocycles. The minimum atomic E-state index is -4.43. The Morgan fingerprint density at radius 1 is 1.04 bits per heavy atom. The topological polar surface area (TPSA) is 71.5 Å². The number of carbonyl (C=O) groups is 1. The van der Waals surface area contributed by atoms with E-state index >= 15 is 0 Å². The van der Waals surface area contributed by atoms with Gasteiger partial charge in [0, 0.05) is 11.8 Å². The van der Waals surface area contributed by atoms with E-state index in [2.05, 4.69) is 10.3 Å². The molecule has 0 atom stereocenters. The number of ether oxygens (including phenoxy) is 1. The van der Waals surface area contributed by atoms with Crippen LogP contribution in [-0.2, 0) is 6.18 Å². The highest BCUT2D eigenvalue weighted by Gasteiger charge is 2.30. The number of hydrogen-bond acceptors (Lipinski definition) is 4. The summed E-state index contributed by atoms with van der Waals surface area (Å²) in [4.78, 5) is 16.0. The van der Waals surface area contributed by atoms with Crippen LogP contribution in [0.4, 0.5) is 18.9 Å². The molecule has 0 bridgehead atoms. The Hall–Kier alpha value is -3.49. The summed E-state index contributed by atoms with van der Waals surface area (Å²) in [6.07, 6.45) is -4.43. The minimum Gasteiger partial charge on any atom is -0.505 e. The maximum Gasteiger partial charge on any atom is 0.416 e. The van der Waals surface area contributed by atoms with Crippen LogP contribution in [0.15, 0.2) is 60.7 Å². The smallest absolute Gasteiger partial charge is 0.416 e. The number of carbonyl (C=O) groups excluding carboxylic acids is 1. The van der Waals surface area contributed by atoms with E-state index in [1.54, 1.807) is 18.2 Å². The number of alkyl halides is 3. The molecule has 3 aromatic rings. The average molecular weight is 384 g/mol. The van der Waals surface area contributed by atoms with Gasteiger partial charge in [-0.3, -0.25) is 9.78 Å². The highest BCUT2D eigenvalue weighted by atomic mass is 19.4. The second-order valence-electron chi connectivity index (χ2n) is 5.71. The molecule has 1 aromatic heterocycles. The summed E-state index contributed by atoms with van der Waals surface area (Å²) in [6.45, 7) is 0. The van der Waals surface area contributed by atoms with E-state index in [4.69, 9.17) is 12.6 Å². The lowest BCUT2D eigenvalue weighted by molar-refractivity contribution is -0.137. The molecule has 0 fully saturated rings. The lowest BCUT2D eigenvalue weighted by Gasteiger charge is -2.11. The van der Waals surface area contributed by atoms with Gasteiger partial charge in [0.25, 0.3) is 5.91 Å². The first-order valence-corrected chi connectivity index (χ1v) is 7.94. The first-order valence-electron chi connectivity index (χ1n) is 7.94. The van der Waals surface area contributed by atoms with E-state index in [1.165, 1.54) is 30.3 Å². The van der Waals surface area contributed by atoms with E-state index < -0.39 is 17.6 Å². The van der Waals surface area contributed by atoms with E-state index in [9.17, 15) is 23.1 Å². The molecule has 2 aromatic carbocycles. The van der Waals surface area contributed by atoms with Crippen molar-refractivity contribution in [3.8, 4) is 17.2 Å². The lowest BCUT2D eigenvalue weighted by Crippen LogP contribution is -2.19. The van der Waals surface area contributed by atoms with Crippen molar-refractivity contribution < 1.29 is 27.8 Å². The Kier molecular flexibility index (Phi) is 5.26. The zero-order valence-electron chi connectivity index (χ0n) is 14.2. The maximum absolute atomic E-state index is 12.6. The van der Waals surface area contributed by atoms with E-state index in [0.717, 1.165) is 12.1 Å². The number of amides is 1. The fraction of sp³-hybridized carbons (Fsp3) is 0.0526. The van der Waals surface area contributed by atoms with Crippen molar-refractivity contribution in [1.29, 1.82) is 0 Å². The number of nitrogens with zero attached hydrogens (tertiary/aromatic N) is 1. The standard InChI is InChI=1S/C19H12BF3N2O3/c20-16-9-8-15(26)17(25-16)18(27)24-12-2-1-3-14(10-12)28-13-6-4-11(5-7-13)19(21,22)23/h1-10,26H,(H,24,27). The Labute approximate surface area is 159 Å². The van der Waals surface area contributed by atoms with Gasteiger partial charge < -0.3 is 15.2 Å². The number of anilines is 1. The second kappa shape index (κ2) is 7.63. The van der Waals surface area contributed by atoms with Gasteiger partial charge in [0.15, 0.2) is 5.69 Å². The molecular formula is C19H12BF3N2O3. The number of rotatable bonds is 4. The Morgan fingerprint density at radius 3 is 2.43 bits per heavy atom. The van der Waals surface area contributed by atoms with Crippen LogP contribution in [-0.4, -0.2) is 23.8 Å². The van der Waals surface area contributed by atoms with Crippen molar-refractivity contribution in [3.05, 3.63) is 71.9 Å². The third-order valence-corrected chi connectivity index (χ3v) is 3.62. The normalized spacial score (nSPS) is 11.1. The molecule has 2 N–H and O–H groups in total. The number of hydrogen-bond donors (Lipinski definition) is 2. The predicted molar refractivity (Wildman–Crippen MR) is 97.2 cm³/mol.